The molecule has 0 saturated carbocycles. The molecular formula is C26H37F2N3O. The van der Waals surface area contributed by atoms with Gasteiger partial charge in [-0.15, -0.1) is 0 Å². The van der Waals surface area contributed by atoms with E-state index in [0.717, 1.165) is 45.0 Å². The summed E-state index contributed by atoms with van der Waals surface area (Å²) in [7, 11) is 0. The van der Waals surface area contributed by atoms with Crippen LogP contribution in [0.4, 0.5) is 14.5 Å². The summed E-state index contributed by atoms with van der Waals surface area (Å²) in [5.74, 6) is -0.996. The van der Waals surface area contributed by atoms with Gasteiger partial charge < -0.3 is 16.0 Å². The first-order valence-corrected chi connectivity index (χ1v) is 11.3. The van der Waals surface area contributed by atoms with Gasteiger partial charge in [0, 0.05) is 37.8 Å². The first kappa shape index (κ1) is 25.8. The smallest absolute Gasteiger partial charge is 0.216 e. The van der Waals surface area contributed by atoms with E-state index >= 15 is 0 Å². The van der Waals surface area contributed by atoms with Crippen molar-refractivity contribution in [3.8, 4) is 0 Å². The summed E-state index contributed by atoms with van der Waals surface area (Å²) < 4.78 is 24.4. The summed E-state index contributed by atoms with van der Waals surface area (Å²) in [6.45, 7) is 12.7. The molecule has 1 unspecified atom stereocenters. The third-order valence-corrected chi connectivity index (χ3v) is 5.10. The Bertz CT molecular complexity index is 843. The van der Waals surface area contributed by atoms with Crippen molar-refractivity contribution in [2.24, 2.45) is 5.41 Å². The molecule has 0 aromatic heterocycles. The number of hydrogen-bond donors (Lipinski definition) is 3. The zero-order chi connectivity index (χ0) is 23.7. The topological polar surface area (TPSA) is 53.2 Å². The molecule has 0 bridgehead atoms. The molecule has 1 aliphatic rings. The quantitative estimate of drug-likeness (QED) is 0.513. The van der Waals surface area contributed by atoms with Gasteiger partial charge in [-0.3, -0.25) is 4.79 Å². The molecule has 2 aromatic rings. The lowest BCUT2D eigenvalue weighted by Gasteiger charge is -2.29. The van der Waals surface area contributed by atoms with Crippen molar-refractivity contribution < 1.29 is 13.6 Å². The predicted octanol–water partition coefficient (Wildman–Crippen LogP) is 5.52. The number of nitrogens with one attached hydrogen (secondary N) is 3. The number of amides is 1. The van der Waals surface area contributed by atoms with Gasteiger partial charge in [-0.25, -0.2) is 8.78 Å². The van der Waals surface area contributed by atoms with Crippen molar-refractivity contribution in [1.82, 2.24) is 10.6 Å². The van der Waals surface area contributed by atoms with E-state index in [4.69, 9.17) is 0 Å². The highest BCUT2D eigenvalue weighted by molar-refractivity contribution is 5.72. The molecule has 1 aliphatic heterocycles. The Balaban J connectivity index is 0.000000336. The van der Waals surface area contributed by atoms with Crippen LogP contribution in [0.3, 0.4) is 0 Å². The van der Waals surface area contributed by atoms with Crippen LogP contribution in [0.25, 0.3) is 0 Å². The fourth-order valence-corrected chi connectivity index (χ4v) is 3.82. The molecule has 1 heterocycles. The lowest BCUT2D eigenvalue weighted by molar-refractivity contribution is -0.118. The number of aryl methyl sites for hydroxylation is 1. The average molecular weight is 446 g/mol. The van der Waals surface area contributed by atoms with Crippen molar-refractivity contribution in [1.29, 1.82) is 0 Å². The molecule has 1 atom stereocenters. The van der Waals surface area contributed by atoms with Gasteiger partial charge in [-0.2, -0.15) is 0 Å². The molecular weight excluding hydrogens is 408 g/mol. The van der Waals surface area contributed by atoms with Crippen LogP contribution in [0.15, 0.2) is 36.4 Å². The Hall–Kier alpha value is -2.47. The Kier molecular flexibility index (Phi) is 9.63. The van der Waals surface area contributed by atoms with E-state index in [1.807, 2.05) is 0 Å². The number of rotatable bonds is 6. The minimum Gasteiger partial charge on any atom is -0.385 e. The monoisotopic (exact) mass is 445 g/mol. The minimum atomic E-state index is -0.521. The second kappa shape index (κ2) is 12.0. The lowest BCUT2D eigenvalue weighted by atomic mass is 9.86. The molecule has 32 heavy (non-hydrogen) atoms. The highest BCUT2D eigenvalue weighted by atomic mass is 19.1. The summed E-state index contributed by atoms with van der Waals surface area (Å²) in [5, 5.41) is 10.00. The van der Waals surface area contributed by atoms with Gasteiger partial charge in [-0.1, -0.05) is 32.9 Å². The average Bonchev–Trinajstić information content (AvgIpc) is 2.66. The number of carbonyl (C=O) groups is 1. The van der Waals surface area contributed by atoms with Gasteiger partial charge in [0.25, 0.3) is 0 Å². The fourth-order valence-electron chi connectivity index (χ4n) is 3.82. The van der Waals surface area contributed by atoms with Crippen molar-refractivity contribution in [3.63, 3.8) is 0 Å². The number of benzene rings is 2. The highest BCUT2D eigenvalue weighted by Crippen LogP contribution is 2.32. The van der Waals surface area contributed by atoms with Crippen LogP contribution in [0, 0.1) is 24.0 Å². The molecule has 0 spiro atoms. The van der Waals surface area contributed by atoms with Crippen molar-refractivity contribution in [2.45, 2.75) is 59.9 Å². The maximum Gasteiger partial charge on any atom is 0.216 e. The van der Waals surface area contributed by atoms with Crippen LogP contribution in [0.2, 0.25) is 0 Å². The Morgan fingerprint density at radius 1 is 1.09 bits per heavy atom. The number of halogens is 2. The molecule has 3 N–H and O–H groups in total. The summed E-state index contributed by atoms with van der Waals surface area (Å²) in [6.07, 6.45) is 3.15. The first-order valence-electron chi connectivity index (χ1n) is 11.3. The zero-order valence-electron chi connectivity index (χ0n) is 19.9. The Morgan fingerprint density at radius 3 is 2.38 bits per heavy atom. The Labute approximate surface area is 191 Å². The van der Waals surface area contributed by atoms with E-state index in [9.17, 15) is 13.6 Å². The van der Waals surface area contributed by atoms with E-state index in [0.29, 0.717) is 17.0 Å². The van der Waals surface area contributed by atoms with Crippen molar-refractivity contribution >= 4 is 11.6 Å². The van der Waals surface area contributed by atoms with E-state index in [2.05, 4.69) is 54.9 Å². The molecule has 2 aromatic carbocycles. The zero-order valence-corrected chi connectivity index (χ0v) is 19.9. The number of hydrogen-bond acceptors (Lipinski definition) is 3. The van der Waals surface area contributed by atoms with E-state index in [1.165, 1.54) is 28.9 Å². The molecule has 0 aliphatic carbocycles. The molecule has 0 radical (unpaired) electrons. The highest BCUT2D eigenvalue weighted by Gasteiger charge is 2.21. The van der Waals surface area contributed by atoms with Crippen LogP contribution in [0.1, 0.15) is 63.3 Å². The van der Waals surface area contributed by atoms with Crippen LogP contribution in [-0.2, 0) is 11.2 Å². The SMILES string of the molecule is CC(=O)NCCCNC1CCNc2ccc(CC(C)(C)C)cc21.Cc1cc(F)cc(F)c1. The maximum atomic E-state index is 12.2. The first-order chi connectivity index (χ1) is 15.0. The van der Waals surface area contributed by atoms with E-state index < -0.39 is 11.6 Å². The summed E-state index contributed by atoms with van der Waals surface area (Å²) in [5.41, 5.74) is 4.96. The van der Waals surface area contributed by atoms with Crippen LogP contribution in [-0.4, -0.2) is 25.5 Å². The molecule has 4 nitrogen and oxygen atoms in total. The third kappa shape index (κ3) is 9.35. The van der Waals surface area contributed by atoms with E-state index in [-0.39, 0.29) is 5.91 Å². The van der Waals surface area contributed by atoms with E-state index in [1.54, 1.807) is 13.8 Å². The summed E-state index contributed by atoms with van der Waals surface area (Å²) in [4.78, 5) is 10.9. The van der Waals surface area contributed by atoms with Gasteiger partial charge in [0.05, 0.1) is 0 Å². The van der Waals surface area contributed by atoms with Gasteiger partial charge in [-0.05, 0) is 73.0 Å². The van der Waals surface area contributed by atoms with Crippen molar-refractivity contribution in [3.05, 3.63) is 64.7 Å². The van der Waals surface area contributed by atoms with Gasteiger partial charge >= 0.3 is 0 Å². The molecule has 3 rings (SSSR count). The number of carbonyl (C=O) groups excluding carboxylic acids is 1. The summed E-state index contributed by atoms with van der Waals surface area (Å²) >= 11 is 0. The molecule has 0 fully saturated rings. The van der Waals surface area contributed by atoms with Gasteiger partial charge in [0.15, 0.2) is 0 Å². The van der Waals surface area contributed by atoms with Crippen LogP contribution >= 0.6 is 0 Å². The maximum absolute atomic E-state index is 12.2. The number of anilines is 1. The normalized spacial score (nSPS) is 15.2. The van der Waals surface area contributed by atoms with Gasteiger partial charge in [0.2, 0.25) is 5.91 Å². The van der Waals surface area contributed by atoms with Gasteiger partial charge in [0.1, 0.15) is 11.6 Å². The summed E-state index contributed by atoms with van der Waals surface area (Å²) in [6, 6.07) is 10.7. The van der Waals surface area contributed by atoms with Crippen LogP contribution < -0.4 is 16.0 Å². The standard InChI is InChI=1S/C19H31N3O.C7H6F2/c1-14(23)20-9-5-10-21-18-8-11-22-17-7-6-15(12-16(17)18)13-19(2,3)4;1-5-2-6(8)4-7(9)3-5/h6-7,12,18,21-22H,5,8-11,13H2,1-4H3,(H,20,23);2-4H,1H3. The fraction of sp³-hybridized carbons (Fsp3) is 0.500. The second-order valence-corrected chi connectivity index (χ2v) is 9.66. The van der Waals surface area contributed by atoms with Crippen LogP contribution in [0.5, 0.6) is 0 Å². The molecule has 176 valence electrons. The second-order valence-electron chi connectivity index (χ2n) is 9.66. The third-order valence-electron chi connectivity index (χ3n) is 5.10. The predicted molar refractivity (Wildman–Crippen MR) is 128 cm³/mol. The Morgan fingerprint density at radius 2 is 1.78 bits per heavy atom. The molecule has 1 amide bonds. The molecule has 6 heteroatoms. The number of fused-ring (bicyclic) bond motifs is 1. The lowest BCUT2D eigenvalue weighted by Crippen LogP contribution is -2.31. The minimum absolute atomic E-state index is 0.0454. The molecule has 0 saturated heterocycles. The van der Waals surface area contributed by atoms with Crippen molar-refractivity contribution in [2.75, 3.05) is 25.0 Å². The largest absolute Gasteiger partial charge is 0.385 e.